The monoisotopic (exact) mass is 460 g/mol. The lowest BCUT2D eigenvalue weighted by Crippen LogP contribution is -3.00. The lowest BCUT2D eigenvalue weighted by molar-refractivity contribution is -0.997. The van der Waals surface area contributed by atoms with Crippen LogP contribution in [0.2, 0.25) is 0 Å². The summed E-state index contributed by atoms with van der Waals surface area (Å²) < 4.78 is 12.5. The van der Waals surface area contributed by atoms with E-state index in [1.807, 2.05) is 0 Å². The van der Waals surface area contributed by atoms with Gasteiger partial charge >= 0.3 is 0 Å². The van der Waals surface area contributed by atoms with Gasteiger partial charge in [-0.05, 0) is 0 Å². The maximum Gasteiger partial charge on any atom is 0.273 e. The van der Waals surface area contributed by atoms with Gasteiger partial charge in [0.1, 0.15) is 0 Å². The summed E-state index contributed by atoms with van der Waals surface area (Å²) in [6, 6.07) is 0. The van der Waals surface area contributed by atoms with Gasteiger partial charge in [-0.15, -0.1) is 0 Å². The molecule has 4 nitrogen and oxygen atoms in total. The second-order valence-corrected chi connectivity index (χ2v) is 5.49. The largest absolute Gasteiger partial charge is 1.00 e. The van der Waals surface area contributed by atoms with Gasteiger partial charge in [0.2, 0.25) is 0 Å². The van der Waals surface area contributed by atoms with Crippen molar-refractivity contribution in [1.82, 2.24) is 0 Å². The molecule has 0 aliphatic heterocycles. The van der Waals surface area contributed by atoms with E-state index in [0.717, 1.165) is 8.97 Å². The number of hydrogen-bond acceptors (Lipinski definition) is 2. The molecule has 0 spiro atoms. The Bertz CT molecular complexity index is 159. The zero-order valence-corrected chi connectivity index (χ0v) is 15.9. The molecule has 2 unspecified atom stereocenters. The maximum absolute atomic E-state index is 5.53. The Balaban J connectivity index is -0.000000845. The SMILES string of the molecule is COC(C(OC)[N+](C)(C)C)[N+](C)(C)C.[I-].[I-]. The molecule has 0 aliphatic rings. The molecular formula is C10H26I2N2O2. The molecule has 0 fully saturated rings. The van der Waals surface area contributed by atoms with E-state index in [1.54, 1.807) is 14.2 Å². The summed E-state index contributed by atoms with van der Waals surface area (Å²) in [5, 5.41) is 0. The summed E-state index contributed by atoms with van der Waals surface area (Å²) >= 11 is 0. The van der Waals surface area contributed by atoms with Gasteiger partial charge in [-0.3, -0.25) is 8.97 Å². The van der Waals surface area contributed by atoms with Gasteiger partial charge in [-0.2, -0.15) is 0 Å². The number of likely N-dealkylation sites (N-methyl/N-ethyl adjacent to an activating group) is 2. The van der Waals surface area contributed by atoms with Crippen LogP contribution < -0.4 is 48.0 Å². The molecule has 6 heteroatoms. The number of hydrogen-bond donors (Lipinski definition) is 0. The highest BCUT2D eigenvalue weighted by molar-refractivity contribution is 4.49. The molecule has 16 heavy (non-hydrogen) atoms. The molecule has 0 aromatic carbocycles. The molecule has 0 aromatic rings. The minimum absolute atomic E-state index is 0. The van der Waals surface area contributed by atoms with Crippen LogP contribution in [0.5, 0.6) is 0 Å². The third kappa shape index (κ3) is 6.90. The Morgan fingerprint density at radius 1 is 0.625 bits per heavy atom. The highest BCUT2D eigenvalue weighted by Crippen LogP contribution is 2.17. The molecule has 0 radical (unpaired) electrons. The van der Waals surface area contributed by atoms with Crippen LogP contribution in [-0.4, -0.2) is 77.9 Å². The smallest absolute Gasteiger partial charge is 0.273 e. The van der Waals surface area contributed by atoms with Gasteiger partial charge in [0.05, 0.1) is 42.3 Å². The van der Waals surface area contributed by atoms with Crippen molar-refractivity contribution in [1.29, 1.82) is 0 Å². The lowest BCUT2D eigenvalue weighted by atomic mass is 10.3. The van der Waals surface area contributed by atoms with Crippen LogP contribution in [0.3, 0.4) is 0 Å². The van der Waals surface area contributed by atoms with E-state index in [4.69, 9.17) is 9.47 Å². The van der Waals surface area contributed by atoms with Crippen molar-refractivity contribution in [3.63, 3.8) is 0 Å². The number of halogens is 2. The molecule has 0 aliphatic carbocycles. The number of ether oxygens (including phenoxy) is 2. The van der Waals surface area contributed by atoms with Crippen molar-refractivity contribution in [3.05, 3.63) is 0 Å². The fraction of sp³-hybridized carbons (Fsp3) is 1.00. The molecule has 2 atom stereocenters. The fourth-order valence-corrected chi connectivity index (χ4v) is 1.63. The minimum atomic E-state index is 0. The summed E-state index contributed by atoms with van der Waals surface area (Å²) in [5.41, 5.74) is 0. The van der Waals surface area contributed by atoms with Crippen LogP contribution in [0.25, 0.3) is 0 Å². The van der Waals surface area contributed by atoms with Gasteiger partial charge in [-0.1, -0.05) is 0 Å². The van der Waals surface area contributed by atoms with E-state index in [2.05, 4.69) is 42.3 Å². The van der Waals surface area contributed by atoms with E-state index in [-0.39, 0.29) is 60.4 Å². The second kappa shape index (κ2) is 8.41. The lowest BCUT2D eigenvalue weighted by Gasteiger charge is -2.42. The Morgan fingerprint density at radius 2 is 0.812 bits per heavy atom. The Kier molecular flexibility index (Phi) is 11.8. The number of quaternary nitrogens is 2. The first-order valence-corrected chi connectivity index (χ1v) is 4.82. The first kappa shape index (κ1) is 22.5. The van der Waals surface area contributed by atoms with Gasteiger partial charge in [0.15, 0.2) is 0 Å². The highest BCUT2D eigenvalue weighted by Gasteiger charge is 2.42. The standard InChI is InChI=1S/C10H26N2O2.2HI/c1-11(2,3)9(13-7)10(14-8)12(4,5)6;;/h9-10H,1-8H3;2*1H/q+2;;/p-2. The van der Waals surface area contributed by atoms with Crippen molar-refractivity contribution in [2.75, 3.05) is 56.5 Å². The summed E-state index contributed by atoms with van der Waals surface area (Å²) in [7, 11) is 16.1. The summed E-state index contributed by atoms with van der Waals surface area (Å²) in [6.07, 6.45) is 0.0556. The molecular weight excluding hydrogens is 434 g/mol. The van der Waals surface area contributed by atoms with Gasteiger partial charge < -0.3 is 57.4 Å². The first-order valence-electron chi connectivity index (χ1n) is 4.82. The molecule has 0 saturated carbocycles. The van der Waals surface area contributed by atoms with Gasteiger partial charge in [-0.25, -0.2) is 0 Å². The van der Waals surface area contributed by atoms with Crippen LogP contribution in [0, 0.1) is 0 Å². The third-order valence-corrected chi connectivity index (χ3v) is 2.25. The van der Waals surface area contributed by atoms with E-state index in [1.165, 1.54) is 0 Å². The normalized spacial score (nSPS) is 15.8. The maximum atomic E-state index is 5.53. The van der Waals surface area contributed by atoms with E-state index in [0.29, 0.717) is 0 Å². The zero-order valence-electron chi connectivity index (χ0n) is 11.6. The number of nitrogens with zero attached hydrogens (tertiary/aromatic N) is 2. The predicted octanol–water partition coefficient (Wildman–Crippen LogP) is -5.65. The molecule has 102 valence electrons. The predicted molar refractivity (Wildman–Crippen MR) is 57.7 cm³/mol. The fourth-order valence-electron chi connectivity index (χ4n) is 1.63. The average Bonchev–Trinajstić information content (AvgIpc) is 1.94. The minimum Gasteiger partial charge on any atom is -1.00 e. The van der Waals surface area contributed by atoms with Crippen molar-refractivity contribution in [3.8, 4) is 0 Å². The number of rotatable bonds is 5. The third-order valence-electron chi connectivity index (χ3n) is 2.25. The van der Waals surface area contributed by atoms with Crippen molar-refractivity contribution in [2.24, 2.45) is 0 Å². The summed E-state index contributed by atoms with van der Waals surface area (Å²) in [4.78, 5) is 0. The van der Waals surface area contributed by atoms with Crippen LogP contribution in [0.1, 0.15) is 0 Å². The molecule has 0 heterocycles. The topological polar surface area (TPSA) is 18.5 Å². The van der Waals surface area contributed by atoms with Crippen LogP contribution >= 0.6 is 0 Å². The Hall–Kier alpha value is 1.30. The van der Waals surface area contributed by atoms with Gasteiger partial charge in [0, 0.05) is 14.2 Å². The Morgan fingerprint density at radius 3 is 0.875 bits per heavy atom. The van der Waals surface area contributed by atoms with Crippen molar-refractivity contribution in [2.45, 2.75) is 12.5 Å². The Labute approximate surface area is 134 Å². The molecule has 0 aromatic heterocycles. The van der Waals surface area contributed by atoms with E-state index < -0.39 is 0 Å². The average molecular weight is 460 g/mol. The second-order valence-electron chi connectivity index (χ2n) is 5.49. The van der Waals surface area contributed by atoms with E-state index in [9.17, 15) is 0 Å². The summed E-state index contributed by atoms with van der Waals surface area (Å²) in [5.74, 6) is 0. The molecule has 0 N–H and O–H groups in total. The molecule has 0 bridgehead atoms. The van der Waals surface area contributed by atoms with Gasteiger partial charge in [0.25, 0.3) is 12.5 Å². The molecule has 0 rings (SSSR count). The molecule has 0 amide bonds. The van der Waals surface area contributed by atoms with Crippen LogP contribution in [0.4, 0.5) is 0 Å². The highest BCUT2D eigenvalue weighted by atomic mass is 127. The first-order chi connectivity index (χ1) is 6.14. The molecule has 0 saturated heterocycles. The zero-order chi connectivity index (χ0) is 11.6. The summed E-state index contributed by atoms with van der Waals surface area (Å²) in [6.45, 7) is 0. The van der Waals surface area contributed by atoms with Crippen molar-refractivity contribution >= 4 is 0 Å². The van der Waals surface area contributed by atoms with Crippen LogP contribution in [-0.2, 0) is 9.47 Å². The number of methoxy groups -OCH3 is 2. The van der Waals surface area contributed by atoms with Crippen molar-refractivity contribution < 1.29 is 66.4 Å². The quantitative estimate of drug-likeness (QED) is 0.232. The van der Waals surface area contributed by atoms with Crippen LogP contribution in [0.15, 0.2) is 0 Å². The van der Waals surface area contributed by atoms with E-state index >= 15 is 0 Å².